The number of morpholine rings is 1. The van der Waals surface area contributed by atoms with Gasteiger partial charge in [0.2, 0.25) is 0 Å². The number of ether oxygens (including phenoxy) is 3. The van der Waals surface area contributed by atoms with Crippen molar-refractivity contribution in [1.29, 1.82) is 0 Å². The molecule has 5 nitrogen and oxygen atoms in total. The molecule has 0 aromatic heterocycles. The third-order valence-electron chi connectivity index (χ3n) is 3.71. The van der Waals surface area contributed by atoms with E-state index < -0.39 is 23.5 Å². The van der Waals surface area contributed by atoms with Gasteiger partial charge < -0.3 is 19.3 Å². The zero-order valence-corrected chi connectivity index (χ0v) is 16.0. The fourth-order valence-corrected chi connectivity index (χ4v) is 3.28. The zero-order chi connectivity index (χ0) is 18.4. The van der Waals surface area contributed by atoms with Crippen LogP contribution in [0.2, 0.25) is 0 Å². The second-order valence-corrected chi connectivity index (χ2v) is 7.17. The predicted molar refractivity (Wildman–Crippen MR) is 92.8 cm³/mol. The van der Waals surface area contributed by atoms with Gasteiger partial charge in [0.05, 0.1) is 31.5 Å². The fraction of sp³-hybridized carbons (Fsp3) is 0.647. The van der Waals surface area contributed by atoms with Crippen LogP contribution in [0.5, 0.6) is 5.75 Å². The van der Waals surface area contributed by atoms with Gasteiger partial charge in [-0.3, -0.25) is 4.90 Å². The van der Waals surface area contributed by atoms with Crippen molar-refractivity contribution in [2.45, 2.75) is 32.2 Å². The summed E-state index contributed by atoms with van der Waals surface area (Å²) in [5.74, 6) is -1.98. The molecule has 1 aromatic carbocycles. The van der Waals surface area contributed by atoms with Crippen LogP contribution in [-0.2, 0) is 9.47 Å². The minimum atomic E-state index is -0.775. The molecule has 0 radical (unpaired) electrons. The third kappa shape index (κ3) is 6.79. The van der Waals surface area contributed by atoms with E-state index >= 15 is 0 Å². The predicted octanol–water partition coefficient (Wildman–Crippen LogP) is 2.59. The summed E-state index contributed by atoms with van der Waals surface area (Å²) < 4.78 is 43.5. The molecule has 1 N–H and O–H groups in total. The van der Waals surface area contributed by atoms with Gasteiger partial charge in [0, 0.05) is 24.1 Å². The maximum absolute atomic E-state index is 13.6. The van der Waals surface area contributed by atoms with E-state index in [1.165, 1.54) is 0 Å². The number of β-amino-alcohol motifs (C(OH)–C–C–N with tert-alkyl or cyclic N) is 1. The molecule has 2 rings (SSSR count). The highest BCUT2D eigenvalue weighted by atomic mass is 79.9. The molecule has 3 unspecified atom stereocenters. The summed E-state index contributed by atoms with van der Waals surface area (Å²) in [5.41, 5.74) is 0. The van der Waals surface area contributed by atoms with E-state index in [0.29, 0.717) is 11.0 Å². The first kappa shape index (κ1) is 20.5. The van der Waals surface area contributed by atoms with Crippen LogP contribution in [-0.4, -0.2) is 67.8 Å². The van der Waals surface area contributed by atoms with Crippen LogP contribution in [0.1, 0.15) is 13.8 Å². The van der Waals surface area contributed by atoms with Crippen molar-refractivity contribution in [2.24, 2.45) is 0 Å². The first-order valence-corrected chi connectivity index (χ1v) is 9.05. The summed E-state index contributed by atoms with van der Waals surface area (Å²) in [5, 5.41) is 10.0. The van der Waals surface area contributed by atoms with Gasteiger partial charge in [-0.05, 0) is 26.0 Å². The van der Waals surface area contributed by atoms with Crippen LogP contribution >= 0.6 is 15.9 Å². The van der Waals surface area contributed by atoms with E-state index in [4.69, 9.17) is 14.2 Å². The maximum Gasteiger partial charge on any atom is 0.190 e. The Morgan fingerprint density at radius 3 is 2.44 bits per heavy atom. The van der Waals surface area contributed by atoms with Crippen LogP contribution in [0.15, 0.2) is 16.6 Å². The topological polar surface area (TPSA) is 51.2 Å². The van der Waals surface area contributed by atoms with E-state index in [-0.39, 0.29) is 32.0 Å². The summed E-state index contributed by atoms with van der Waals surface area (Å²) in [6.07, 6.45) is -0.361. The van der Waals surface area contributed by atoms with Gasteiger partial charge in [0.25, 0.3) is 0 Å². The molecule has 0 amide bonds. The van der Waals surface area contributed by atoms with Gasteiger partial charge in [0.1, 0.15) is 6.61 Å². The molecule has 1 heterocycles. The van der Waals surface area contributed by atoms with Crippen molar-refractivity contribution in [3.8, 4) is 5.75 Å². The number of nitrogens with zero attached hydrogens (tertiary/aromatic N) is 1. The van der Waals surface area contributed by atoms with E-state index in [0.717, 1.165) is 25.2 Å². The molecule has 8 heteroatoms. The lowest BCUT2D eigenvalue weighted by Gasteiger charge is -2.36. The zero-order valence-electron chi connectivity index (χ0n) is 14.4. The third-order valence-corrected chi connectivity index (χ3v) is 4.17. The van der Waals surface area contributed by atoms with Gasteiger partial charge in [-0.2, -0.15) is 0 Å². The van der Waals surface area contributed by atoms with E-state index in [1.807, 2.05) is 13.8 Å². The summed E-state index contributed by atoms with van der Waals surface area (Å²) >= 11 is 3.00. The van der Waals surface area contributed by atoms with Gasteiger partial charge in [-0.1, -0.05) is 15.9 Å². The van der Waals surface area contributed by atoms with Crippen LogP contribution < -0.4 is 4.74 Å². The molecule has 1 aromatic rings. The Balaban J connectivity index is 1.64. The molecule has 3 atom stereocenters. The van der Waals surface area contributed by atoms with Gasteiger partial charge in [-0.25, -0.2) is 8.78 Å². The minimum absolute atomic E-state index is 0.00614. The second kappa shape index (κ2) is 9.78. The number of aliphatic hydroxyl groups is 1. The lowest BCUT2D eigenvalue weighted by atomic mass is 10.2. The first-order valence-electron chi connectivity index (χ1n) is 8.26. The average Bonchev–Trinajstić information content (AvgIpc) is 2.47. The molecule has 0 aliphatic carbocycles. The molecular weight excluding hydrogens is 400 g/mol. The van der Waals surface area contributed by atoms with E-state index in [9.17, 15) is 13.9 Å². The highest BCUT2D eigenvalue weighted by Gasteiger charge is 2.23. The van der Waals surface area contributed by atoms with E-state index in [2.05, 4.69) is 20.8 Å². The van der Waals surface area contributed by atoms with Crippen molar-refractivity contribution < 1.29 is 28.1 Å². The Morgan fingerprint density at radius 1 is 1.24 bits per heavy atom. The smallest absolute Gasteiger partial charge is 0.190 e. The first-order chi connectivity index (χ1) is 11.8. The van der Waals surface area contributed by atoms with Crippen LogP contribution in [0.4, 0.5) is 8.78 Å². The van der Waals surface area contributed by atoms with Crippen LogP contribution in [0, 0.1) is 11.6 Å². The second-order valence-electron chi connectivity index (χ2n) is 6.25. The van der Waals surface area contributed by atoms with Crippen molar-refractivity contribution >= 4 is 15.9 Å². The Labute approximate surface area is 155 Å². The highest BCUT2D eigenvalue weighted by molar-refractivity contribution is 9.10. The SMILES string of the molecule is CC1CN(CC(O)COCCOc2c(F)cc(Br)cc2F)CC(C)O1. The lowest BCUT2D eigenvalue weighted by Crippen LogP contribution is -2.48. The molecule has 0 saturated carbocycles. The Morgan fingerprint density at radius 2 is 1.84 bits per heavy atom. The Bertz CT molecular complexity index is 530. The quantitative estimate of drug-likeness (QED) is 0.651. The summed E-state index contributed by atoms with van der Waals surface area (Å²) in [7, 11) is 0. The largest absolute Gasteiger partial charge is 0.485 e. The molecule has 1 fully saturated rings. The summed E-state index contributed by atoms with van der Waals surface area (Å²) in [6.45, 7) is 6.30. The molecular formula is C17H24BrF2NO4. The number of aliphatic hydroxyl groups excluding tert-OH is 1. The minimum Gasteiger partial charge on any atom is -0.485 e. The number of rotatable bonds is 8. The fourth-order valence-electron chi connectivity index (χ4n) is 2.87. The monoisotopic (exact) mass is 423 g/mol. The molecule has 1 aliphatic rings. The Hall–Kier alpha value is -0.800. The van der Waals surface area contributed by atoms with Gasteiger partial charge in [0.15, 0.2) is 17.4 Å². The number of hydrogen-bond donors (Lipinski definition) is 1. The number of benzene rings is 1. The lowest BCUT2D eigenvalue weighted by molar-refractivity contribution is -0.0824. The highest BCUT2D eigenvalue weighted by Crippen LogP contribution is 2.25. The molecule has 0 bridgehead atoms. The van der Waals surface area contributed by atoms with Crippen LogP contribution in [0.3, 0.4) is 0 Å². The molecule has 142 valence electrons. The normalized spacial score (nSPS) is 22.8. The molecule has 1 saturated heterocycles. The molecule has 25 heavy (non-hydrogen) atoms. The van der Waals surface area contributed by atoms with Crippen molar-refractivity contribution in [1.82, 2.24) is 4.90 Å². The Kier molecular flexibility index (Phi) is 8.02. The summed E-state index contributed by atoms with van der Waals surface area (Å²) in [6, 6.07) is 2.26. The van der Waals surface area contributed by atoms with Crippen molar-refractivity contribution in [3.63, 3.8) is 0 Å². The van der Waals surface area contributed by atoms with Crippen molar-refractivity contribution in [3.05, 3.63) is 28.2 Å². The van der Waals surface area contributed by atoms with Crippen molar-refractivity contribution in [2.75, 3.05) is 39.5 Å². The maximum atomic E-state index is 13.6. The average molecular weight is 424 g/mol. The van der Waals surface area contributed by atoms with Gasteiger partial charge in [-0.15, -0.1) is 0 Å². The molecule has 1 aliphatic heterocycles. The molecule has 0 spiro atoms. The van der Waals surface area contributed by atoms with Gasteiger partial charge >= 0.3 is 0 Å². The standard InChI is InChI=1S/C17H24BrF2NO4/c1-11-7-21(8-12(2)25-11)9-14(22)10-23-3-4-24-17-15(19)5-13(18)6-16(17)20/h5-6,11-12,14,22H,3-4,7-10H2,1-2H3. The summed E-state index contributed by atoms with van der Waals surface area (Å²) in [4.78, 5) is 2.13. The number of hydrogen-bond acceptors (Lipinski definition) is 5. The number of halogens is 3. The van der Waals surface area contributed by atoms with E-state index in [1.54, 1.807) is 0 Å². The van der Waals surface area contributed by atoms with Crippen LogP contribution in [0.25, 0.3) is 0 Å².